The number of amides is 1. The molecule has 1 aromatic carbocycles. The topological polar surface area (TPSA) is 85.4 Å². The third-order valence-corrected chi connectivity index (χ3v) is 6.30. The first-order valence-electron chi connectivity index (χ1n) is 8.77. The van der Waals surface area contributed by atoms with Gasteiger partial charge in [0.15, 0.2) is 0 Å². The Labute approximate surface area is 154 Å². The van der Waals surface area contributed by atoms with Crippen LogP contribution >= 0.6 is 0 Å². The molecule has 0 saturated carbocycles. The average Bonchev–Trinajstić information content (AvgIpc) is 2.61. The molecular formula is C19H24N2O4S. The number of rotatable bonds is 5. The summed E-state index contributed by atoms with van der Waals surface area (Å²) in [6.07, 6.45) is 5.58. The highest BCUT2D eigenvalue weighted by Crippen LogP contribution is 2.32. The molecule has 0 bridgehead atoms. The van der Waals surface area contributed by atoms with Crippen LogP contribution in [0.3, 0.4) is 0 Å². The van der Waals surface area contributed by atoms with Gasteiger partial charge in [-0.15, -0.1) is 0 Å². The van der Waals surface area contributed by atoms with Crippen molar-refractivity contribution in [2.75, 3.05) is 13.2 Å². The summed E-state index contributed by atoms with van der Waals surface area (Å²) in [5, 5.41) is 1.26. The van der Waals surface area contributed by atoms with Gasteiger partial charge >= 0.3 is 0 Å². The Kier molecular flexibility index (Phi) is 5.29. The van der Waals surface area contributed by atoms with Crippen molar-refractivity contribution in [2.45, 2.75) is 38.0 Å². The van der Waals surface area contributed by atoms with Gasteiger partial charge in [-0.1, -0.05) is 26.0 Å². The van der Waals surface area contributed by atoms with Crippen molar-refractivity contribution in [1.29, 1.82) is 0 Å². The number of nitrogens with one attached hydrogen (secondary N) is 1. The van der Waals surface area contributed by atoms with Crippen LogP contribution in [-0.2, 0) is 19.6 Å². The van der Waals surface area contributed by atoms with Gasteiger partial charge in [0, 0.05) is 41.8 Å². The molecule has 6 nitrogen and oxygen atoms in total. The number of pyridine rings is 1. The Morgan fingerprint density at radius 3 is 2.73 bits per heavy atom. The molecule has 0 unspecified atom stereocenters. The summed E-state index contributed by atoms with van der Waals surface area (Å²) >= 11 is 0. The third-order valence-electron chi connectivity index (χ3n) is 4.91. The summed E-state index contributed by atoms with van der Waals surface area (Å²) in [6.45, 7) is 4.98. The summed E-state index contributed by atoms with van der Waals surface area (Å²) in [5.41, 5.74) is -0.777. The van der Waals surface area contributed by atoms with Crippen LogP contribution in [0.25, 0.3) is 10.8 Å². The van der Waals surface area contributed by atoms with Crippen LogP contribution in [0, 0.1) is 11.3 Å². The molecule has 3 rings (SSSR count). The quantitative estimate of drug-likeness (QED) is 0.867. The minimum atomic E-state index is -3.96. The molecule has 0 aliphatic carbocycles. The van der Waals surface area contributed by atoms with Crippen molar-refractivity contribution in [2.24, 2.45) is 11.3 Å². The minimum Gasteiger partial charge on any atom is -0.381 e. The first-order valence-corrected chi connectivity index (χ1v) is 10.3. The molecule has 1 aliphatic heterocycles. The Balaban J connectivity index is 1.80. The lowest BCUT2D eigenvalue weighted by Gasteiger charge is -2.30. The van der Waals surface area contributed by atoms with Gasteiger partial charge in [0.2, 0.25) is 5.91 Å². The molecule has 1 aromatic heterocycles. The highest BCUT2D eigenvalue weighted by molar-refractivity contribution is 7.90. The number of carbonyl (C=O) groups is 1. The Bertz CT molecular complexity index is 897. The summed E-state index contributed by atoms with van der Waals surface area (Å²) < 4.78 is 33.3. The lowest BCUT2D eigenvalue weighted by Crippen LogP contribution is -2.42. The molecule has 0 spiro atoms. The van der Waals surface area contributed by atoms with Gasteiger partial charge in [-0.3, -0.25) is 9.78 Å². The molecule has 2 aromatic rings. The number of benzene rings is 1. The largest absolute Gasteiger partial charge is 0.381 e. The fourth-order valence-corrected chi connectivity index (χ4v) is 4.77. The number of sulfonamides is 1. The van der Waals surface area contributed by atoms with Crippen LogP contribution in [0.2, 0.25) is 0 Å². The van der Waals surface area contributed by atoms with Crippen molar-refractivity contribution in [3.63, 3.8) is 0 Å². The fourth-order valence-electron chi connectivity index (χ4n) is 3.41. The molecule has 26 heavy (non-hydrogen) atoms. The first-order chi connectivity index (χ1) is 12.3. The van der Waals surface area contributed by atoms with Crippen molar-refractivity contribution in [3.8, 4) is 0 Å². The van der Waals surface area contributed by atoms with E-state index in [1.807, 2.05) is 0 Å². The van der Waals surface area contributed by atoms with E-state index in [2.05, 4.69) is 9.71 Å². The SMILES string of the molecule is CC(C)(CC1CCOCC1)C(=O)NS(=O)(=O)c1cccc2cnccc12. The van der Waals surface area contributed by atoms with E-state index in [1.165, 1.54) is 12.3 Å². The zero-order valence-electron chi connectivity index (χ0n) is 15.1. The molecule has 1 N–H and O–H groups in total. The Morgan fingerprint density at radius 2 is 2.00 bits per heavy atom. The maximum absolute atomic E-state index is 12.8. The second-order valence-electron chi connectivity index (χ2n) is 7.43. The predicted octanol–water partition coefficient (Wildman–Crippen LogP) is 2.88. The number of nitrogens with zero attached hydrogens (tertiary/aromatic N) is 1. The maximum atomic E-state index is 12.8. The maximum Gasteiger partial charge on any atom is 0.264 e. The monoisotopic (exact) mass is 376 g/mol. The van der Waals surface area contributed by atoms with Gasteiger partial charge in [0.1, 0.15) is 0 Å². The summed E-state index contributed by atoms with van der Waals surface area (Å²) in [6, 6.07) is 6.58. The number of ether oxygens (including phenoxy) is 1. The molecule has 1 fully saturated rings. The second-order valence-corrected chi connectivity index (χ2v) is 9.08. The van der Waals surface area contributed by atoms with E-state index in [0.29, 0.717) is 36.3 Å². The van der Waals surface area contributed by atoms with E-state index in [-0.39, 0.29) is 4.90 Å². The second kappa shape index (κ2) is 7.32. The first kappa shape index (κ1) is 18.8. The van der Waals surface area contributed by atoms with Crippen LogP contribution < -0.4 is 4.72 Å². The summed E-state index contributed by atoms with van der Waals surface area (Å²) in [4.78, 5) is 16.8. The Morgan fingerprint density at radius 1 is 1.27 bits per heavy atom. The van der Waals surface area contributed by atoms with Gasteiger partial charge in [0.05, 0.1) is 4.90 Å². The highest BCUT2D eigenvalue weighted by Gasteiger charge is 2.34. The van der Waals surface area contributed by atoms with Crippen LogP contribution in [0.15, 0.2) is 41.6 Å². The van der Waals surface area contributed by atoms with Gasteiger partial charge < -0.3 is 4.74 Å². The van der Waals surface area contributed by atoms with E-state index in [9.17, 15) is 13.2 Å². The molecule has 0 radical (unpaired) electrons. The number of hydrogen-bond donors (Lipinski definition) is 1. The minimum absolute atomic E-state index is 0.0904. The summed E-state index contributed by atoms with van der Waals surface area (Å²) in [7, 11) is -3.96. The summed E-state index contributed by atoms with van der Waals surface area (Å²) in [5.74, 6) is -0.106. The van der Waals surface area contributed by atoms with Gasteiger partial charge in [0.25, 0.3) is 10.0 Å². The lowest BCUT2D eigenvalue weighted by molar-refractivity contribution is -0.128. The van der Waals surface area contributed by atoms with Gasteiger partial charge in [-0.25, -0.2) is 13.1 Å². The van der Waals surface area contributed by atoms with Gasteiger partial charge in [-0.05, 0) is 37.3 Å². The molecule has 140 valence electrons. The molecule has 0 atom stereocenters. The van der Waals surface area contributed by atoms with E-state index < -0.39 is 21.3 Å². The van der Waals surface area contributed by atoms with E-state index in [0.717, 1.165) is 12.8 Å². The van der Waals surface area contributed by atoms with Crippen LogP contribution in [0.5, 0.6) is 0 Å². The normalized spacial score (nSPS) is 16.5. The number of aromatic nitrogens is 1. The van der Waals surface area contributed by atoms with Crippen molar-refractivity contribution < 1.29 is 17.9 Å². The molecule has 1 saturated heterocycles. The number of carbonyl (C=O) groups excluding carboxylic acids is 1. The van der Waals surface area contributed by atoms with E-state index in [4.69, 9.17) is 4.74 Å². The predicted molar refractivity (Wildman–Crippen MR) is 99.0 cm³/mol. The molecular weight excluding hydrogens is 352 g/mol. The van der Waals surface area contributed by atoms with Crippen LogP contribution in [0.4, 0.5) is 0 Å². The van der Waals surface area contributed by atoms with Crippen molar-refractivity contribution >= 4 is 26.7 Å². The highest BCUT2D eigenvalue weighted by atomic mass is 32.2. The molecule has 1 aliphatic rings. The Hall–Kier alpha value is -1.99. The smallest absolute Gasteiger partial charge is 0.264 e. The van der Waals surface area contributed by atoms with Crippen molar-refractivity contribution in [1.82, 2.24) is 9.71 Å². The average molecular weight is 376 g/mol. The standard InChI is InChI=1S/C19H24N2O4S/c1-19(2,12-14-7-10-25-11-8-14)18(22)21-26(23,24)17-5-3-4-15-13-20-9-6-16(15)17/h3-6,9,13-14H,7-8,10-12H2,1-2H3,(H,21,22). The van der Waals surface area contributed by atoms with E-state index >= 15 is 0 Å². The fraction of sp³-hybridized carbons (Fsp3) is 0.474. The zero-order chi connectivity index (χ0) is 18.8. The zero-order valence-corrected chi connectivity index (χ0v) is 15.9. The van der Waals surface area contributed by atoms with Crippen molar-refractivity contribution in [3.05, 3.63) is 36.7 Å². The third kappa shape index (κ3) is 4.04. The van der Waals surface area contributed by atoms with Crippen LogP contribution in [0.1, 0.15) is 33.1 Å². The number of hydrogen-bond acceptors (Lipinski definition) is 5. The number of fused-ring (bicyclic) bond motifs is 1. The molecule has 7 heteroatoms. The van der Waals surface area contributed by atoms with E-state index in [1.54, 1.807) is 38.2 Å². The van der Waals surface area contributed by atoms with Gasteiger partial charge in [-0.2, -0.15) is 0 Å². The molecule has 1 amide bonds. The lowest BCUT2D eigenvalue weighted by atomic mass is 9.79. The van der Waals surface area contributed by atoms with Crippen LogP contribution in [-0.4, -0.2) is 32.5 Å². The molecule has 2 heterocycles.